The number of likely N-dealkylation sites (tertiary alicyclic amines) is 1. The van der Waals surface area contributed by atoms with Crippen LogP contribution in [0.5, 0.6) is 0 Å². The Morgan fingerprint density at radius 1 is 1.16 bits per heavy atom. The number of carbonyl (C=O) groups excluding carboxylic acids is 1. The van der Waals surface area contributed by atoms with Gasteiger partial charge in [0.15, 0.2) is 0 Å². The van der Waals surface area contributed by atoms with Crippen LogP contribution in [0.15, 0.2) is 29.2 Å². The molecule has 1 aromatic carbocycles. The van der Waals surface area contributed by atoms with Crippen LogP contribution in [-0.2, 0) is 21.0 Å². The number of benzene rings is 1. The van der Waals surface area contributed by atoms with Gasteiger partial charge in [-0.2, -0.15) is 17.5 Å². The van der Waals surface area contributed by atoms with Crippen molar-refractivity contribution in [1.82, 2.24) is 9.21 Å². The number of rotatable bonds is 8. The van der Waals surface area contributed by atoms with Crippen LogP contribution < -0.4 is 5.73 Å². The molecule has 1 heterocycles. The van der Waals surface area contributed by atoms with E-state index in [1.54, 1.807) is 4.90 Å². The van der Waals surface area contributed by atoms with Crippen LogP contribution >= 0.6 is 0 Å². The molecule has 1 aromatic rings. The largest absolute Gasteiger partial charge is 0.416 e. The first-order valence-electron chi connectivity index (χ1n) is 11.1. The van der Waals surface area contributed by atoms with Crippen LogP contribution in [-0.4, -0.2) is 54.7 Å². The van der Waals surface area contributed by atoms with Gasteiger partial charge >= 0.3 is 6.18 Å². The Bertz CT molecular complexity index is 908. The van der Waals surface area contributed by atoms with Crippen LogP contribution in [0.2, 0.25) is 0 Å². The van der Waals surface area contributed by atoms with Crippen molar-refractivity contribution < 1.29 is 26.4 Å². The van der Waals surface area contributed by atoms with Crippen molar-refractivity contribution in [2.75, 3.05) is 13.1 Å². The number of hydrogen-bond donors (Lipinski definition) is 1. The zero-order valence-electron chi connectivity index (χ0n) is 18.5. The highest BCUT2D eigenvalue weighted by Gasteiger charge is 2.44. The fourth-order valence-electron chi connectivity index (χ4n) is 4.39. The lowest BCUT2D eigenvalue weighted by Gasteiger charge is -2.38. The first kappa shape index (κ1) is 25.0. The number of amides is 1. The van der Waals surface area contributed by atoms with E-state index in [4.69, 9.17) is 5.73 Å². The van der Waals surface area contributed by atoms with Gasteiger partial charge in [0.05, 0.1) is 10.5 Å². The molecule has 0 aromatic heterocycles. The maximum absolute atomic E-state index is 13.3. The fourth-order valence-corrected chi connectivity index (χ4v) is 6.36. The number of halogens is 3. The van der Waals surface area contributed by atoms with E-state index in [2.05, 4.69) is 0 Å². The summed E-state index contributed by atoms with van der Waals surface area (Å²) >= 11 is 0. The number of sulfonamides is 1. The Morgan fingerprint density at radius 2 is 1.75 bits per heavy atom. The maximum atomic E-state index is 13.3. The molecule has 0 radical (unpaired) electrons. The maximum Gasteiger partial charge on any atom is 0.416 e. The first-order valence-corrected chi connectivity index (χ1v) is 12.6. The van der Waals surface area contributed by atoms with Crippen molar-refractivity contribution in [3.63, 3.8) is 0 Å². The number of alkyl halides is 3. The normalized spacial score (nSPS) is 19.6. The smallest absolute Gasteiger partial charge is 0.343 e. The minimum atomic E-state index is -4.61. The topological polar surface area (TPSA) is 83.7 Å². The molecule has 1 saturated carbocycles. The molecule has 10 heteroatoms. The van der Waals surface area contributed by atoms with Gasteiger partial charge in [-0.15, -0.1) is 0 Å². The summed E-state index contributed by atoms with van der Waals surface area (Å²) in [6, 6.07) is 3.19. The molecular weight excluding hydrogens is 443 g/mol. The van der Waals surface area contributed by atoms with Crippen molar-refractivity contribution >= 4 is 15.9 Å². The molecular formula is C22H32F3N3O3S. The predicted molar refractivity (Wildman–Crippen MR) is 115 cm³/mol. The van der Waals surface area contributed by atoms with Crippen LogP contribution in [0, 0.1) is 5.92 Å². The Kier molecular flexibility index (Phi) is 7.56. The molecule has 2 aliphatic rings. The lowest BCUT2D eigenvalue weighted by molar-refractivity contribution is -0.137. The summed E-state index contributed by atoms with van der Waals surface area (Å²) in [5, 5.41) is 0. The molecule has 1 aliphatic heterocycles. The molecule has 6 nitrogen and oxygen atoms in total. The van der Waals surface area contributed by atoms with Crippen LogP contribution in [0.4, 0.5) is 13.2 Å². The van der Waals surface area contributed by atoms with Gasteiger partial charge < -0.3 is 10.6 Å². The van der Waals surface area contributed by atoms with Crippen molar-refractivity contribution in [3.05, 3.63) is 29.8 Å². The first-order chi connectivity index (χ1) is 14.9. The third kappa shape index (κ3) is 6.02. The molecule has 2 fully saturated rings. The van der Waals surface area contributed by atoms with Gasteiger partial charge in [0.25, 0.3) is 0 Å². The summed E-state index contributed by atoms with van der Waals surface area (Å²) in [6.45, 7) is 4.93. The monoisotopic (exact) mass is 475 g/mol. The van der Waals surface area contributed by atoms with Crippen LogP contribution in [0.1, 0.15) is 57.9 Å². The molecule has 0 bridgehead atoms. The van der Waals surface area contributed by atoms with E-state index in [9.17, 15) is 26.4 Å². The molecule has 3 rings (SSSR count). The third-order valence-corrected chi connectivity index (χ3v) is 8.03. The van der Waals surface area contributed by atoms with Gasteiger partial charge in [0.2, 0.25) is 15.9 Å². The number of nitrogens with zero attached hydrogens (tertiary/aromatic N) is 2. The van der Waals surface area contributed by atoms with Crippen molar-refractivity contribution in [1.29, 1.82) is 0 Å². The minimum Gasteiger partial charge on any atom is -0.343 e. The summed E-state index contributed by atoms with van der Waals surface area (Å²) < 4.78 is 67.4. The predicted octanol–water partition coefficient (Wildman–Crippen LogP) is 3.61. The molecule has 1 saturated heterocycles. The Morgan fingerprint density at radius 3 is 2.28 bits per heavy atom. The van der Waals surface area contributed by atoms with Crippen molar-refractivity contribution in [2.24, 2.45) is 11.7 Å². The van der Waals surface area contributed by atoms with E-state index in [-0.39, 0.29) is 35.3 Å². The Balaban J connectivity index is 1.70. The van der Waals surface area contributed by atoms with E-state index in [1.807, 2.05) is 13.8 Å². The Hall–Kier alpha value is -1.65. The molecule has 180 valence electrons. The zero-order chi connectivity index (χ0) is 23.7. The summed E-state index contributed by atoms with van der Waals surface area (Å²) in [5.41, 5.74) is 5.08. The second kappa shape index (κ2) is 9.69. The molecule has 0 unspecified atom stereocenters. The fraction of sp³-hybridized carbons (Fsp3) is 0.682. The number of piperidine rings is 1. The quantitative estimate of drug-likeness (QED) is 0.623. The average molecular weight is 476 g/mol. The molecule has 32 heavy (non-hydrogen) atoms. The zero-order valence-corrected chi connectivity index (χ0v) is 19.3. The second-order valence-corrected chi connectivity index (χ2v) is 11.1. The molecule has 1 atom stereocenters. The summed E-state index contributed by atoms with van der Waals surface area (Å²) in [4.78, 5) is 14.0. The number of nitrogens with two attached hydrogens (primary N) is 1. The summed E-state index contributed by atoms with van der Waals surface area (Å²) in [7, 11) is -4.08. The van der Waals surface area contributed by atoms with Gasteiger partial charge in [-0.1, -0.05) is 19.9 Å². The van der Waals surface area contributed by atoms with Gasteiger partial charge in [-0.3, -0.25) is 4.79 Å². The lowest BCUT2D eigenvalue weighted by Crippen LogP contribution is -2.50. The highest BCUT2D eigenvalue weighted by Crippen LogP contribution is 2.38. The van der Waals surface area contributed by atoms with Crippen molar-refractivity contribution in [2.45, 2.75) is 81.6 Å². The number of carbonyl (C=O) groups is 1. The highest BCUT2D eigenvalue weighted by molar-refractivity contribution is 7.89. The van der Waals surface area contributed by atoms with E-state index >= 15 is 0 Å². The van der Waals surface area contributed by atoms with Crippen LogP contribution in [0.3, 0.4) is 0 Å². The molecule has 1 aliphatic carbocycles. The van der Waals surface area contributed by atoms with Gasteiger partial charge in [-0.25, -0.2) is 8.42 Å². The van der Waals surface area contributed by atoms with Crippen LogP contribution in [0.25, 0.3) is 0 Å². The second-order valence-electron chi connectivity index (χ2n) is 9.30. The van der Waals surface area contributed by atoms with Gasteiger partial charge in [-0.05, 0) is 56.2 Å². The van der Waals surface area contributed by atoms with E-state index in [0.29, 0.717) is 50.8 Å². The van der Waals surface area contributed by atoms with Gasteiger partial charge in [0, 0.05) is 37.6 Å². The average Bonchev–Trinajstić information content (AvgIpc) is 3.52. The summed E-state index contributed by atoms with van der Waals surface area (Å²) in [5.74, 6) is 0.368. The molecule has 2 N–H and O–H groups in total. The van der Waals surface area contributed by atoms with E-state index < -0.39 is 21.8 Å². The van der Waals surface area contributed by atoms with Crippen molar-refractivity contribution in [3.8, 4) is 0 Å². The highest BCUT2D eigenvalue weighted by atomic mass is 32.2. The summed E-state index contributed by atoms with van der Waals surface area (Å²) in [6.07, 6.45) is -1.29. The van der Waals surface area contributed by atoms with E-state index in [1.165, 1.54) is 10.4 Å². The van der Waals surface area contributed by atoms with Gasteiger partial charge in [0.1, 0.15) is 0 Å². The Labute approximate surface area is 188 Å². The molecule has 1 amide bonds. The molecule has 0 spiro atoms. The third-order valence-electron chi connectivity index (χ3n) is 6.03. The standard InChI is InChI=1S/C22H32F3N3O3S/c1-15(2)12-17(26)14-21(29)27-10-8-19(9-11-27)28(18-6-7-18)32(30,31)20-5-3-4-16(13-20)22(23,24)25/h3-5,13,15,17-19H,6-12,14,26H2,1-2H3/t17-/m0/s1. The minimum absolute atomic E-state index is 0.0321. The number of hydrogen-bond acceptors (Lipinski definition) is 4. The SMILES string of the molecule is CC(C)C[C@H](N)CC(=O)N1CCC(N(C2CC2)S(=O)(=O)c2cccc(C(F)(F)F)c2)CC1. The van der Waals surface area contributed by atoms with E-state index in [0.717, 1.165) is 18.6 Å². The lowest BCUT2D eigenvalue weighted by atomic mass is 10.00.